The normalized spacial score (nSPS) is 13.8. The average Bonchev–Trinajstić information content (AvgIpc) is 2.13. The van der Waals surface area contributed by atoms with Crippen molar-refractivity contribution < 1.29 is 8.39 Å². The summed E-state index contributed by atoms with van der Waals surface area (Å²) in [4.78, 5) is 0. The van der Waals surface area contributed by atoms with E-state index < -0.39 is 15.8 Å². The van der Waals surface area contributed by atoms with E-state index in [2.05, 4.69) is 0 Å². The van der Waals surface area contributed by atoms with E-state index in [1.807, 2.05) is 20.8 Å². The second-order valence-electron chi connectivity index (χ2n) is 4.46. The Balaban J connectivity index is 2.80. The second kappa shape index (κ2) is 5.89. The standard InChI is InChI=1S/C11H13Cl3O2S/c1-11(2,3)17(15)16-6-8-9(13)4-7(12)5-10(8)14/h4-5H,6H2,1-3H3. The monoisotopic (exact) mass is 314 g/mol. The van der Waals surface area contributed by atoms with Crippen molar-refractivity contribution in [3.05, 3.63) is 32.8 Å². The van der Waals surface area contributed by atoms with Gasteiger partial charge in [0.25, 0.3) is 0 Å². The van der Waals surface area contributed by atoms with Crippen LogP contribution in [0.2, 0.25) is 15.1 Å². The van der Waals surface area contributed by atoms with Gasteiger partial charge in [-0.05, 0) is 32.9 Å². The molecule has 0 aliphatic rings. The van der Waals surface area contributed by atoms with Crippen molar-refractivity contribution in [2.45, 2.75) is 32.1 Å². The van der Waals surface area contributed by atoms with E-state index in [0.717, 1.165) is 0 Å². The van der Waals surface area contributed by atoms with E-state index >= 15 is 0 Å². The van der Waals surface area contributed by atoms with Crippen molar-refractivity contribution in [1.82, 2.24) is 0 Å². The maximum atomic E-state index is 11.7. The van der Waals surface area contributed by atoms with E-state index in [9.17, 15) is 4.21 Å². The molecule has 17 heavy (non-hydrogen) atoms. The minimum absolute atomic E-state index is 0.0959. The molecule has 1 unspecified atom stereocenters. The third-order valence-electron chi connectivity index (χ3n) is 1.92. The van der Waals surface area contributed by atoms with E-state index in [-0.39, 0.29) is 6.61 Å². The summed E-state index contributed by atoms with van der Waals surface area (Å²) in [5.41, 5.74) is 0.593. The lowest BCUT2D eigenvalue weighted by Gasteiger charge is -2.17. The molecule has 0 N–H and O–H groups in total. The van der Waals surface area contributed by atoms with Gasteiger partial charge in [0.15, 0.2) is 11.1 Å². The van der Waals surface area contributed by atoms with Crippen LogP contribution < -0.4 is 0 Å². The van der Waals surface area contributed by atoms with Gasteiger partial charge in [-0.15, -0.1) is 0 Å². The summed E-state index contributed by atoms with van der Waals surface area (Å²) < 4.78 is 16.5. The molecule has 1 rings (SSSR count). The molecule has 0 aliphatic carbocycles. The first-order valence-corrected chi connectivity index (χ1v) is 7.11. The Morgan fingerprint density at radius 2 is 1.65 bits per heavy atom. The molecule has 0 amide bonds. The van der Waals surface area contributed by atoms with Gasteiger partial charge in [-0.1, -0.05) is 34.8 Å². The minimum Gasteiger partial charge on any atom is -0.285 e. The molecular weight excluding hydrogens is 303 g/mol. The highest BCUT2D eigenvalue weighted by molar-refractivity contribution is 7.81. The first-order valence-electron chi connectivity index (χ1n) is 4.90. The molecule has 0 spiro atoms. The van der Waals surface area contributed by atoms with Crippen LogP contribution in [0.1, 0.15) is 26.3 Å². The van der Waals surface area contributed by atoms with Gasteiger partial charge in [-0.3, -0.25) is 4.18 Å². The minimum atomic E-state index is -1.41. The fourth-order valence-corrected chi connectivity index (χ4v) is 2.50. The van der Waals surface area contributed by atoms with Gasteiger partial charge in [0.1, 0.15) is 0 Å². The van der Waals surface area contributed by atoms with Crippen molar-refractivity contribution in [3.63, 3.8) is 0 Å². The van der Waals surface area contributed by atoms with E-state index in [1.165, 1.54) is 0 Å². The molecule has 6 heteroatoms. The number of halogens is 3. The summed E-state index contributed by atoms with van der Waals surface area (Å²) in [7, 11) is 0. The summed E-state index contributed by atoms with van der Waals surface area (Å²) in [6, 6.07) is 3.15. The maximum absolute atomic E-state index is 11.7. The largest absolute Gasteiger partial charge is 0.285 e. The van der Waals surface area contributed by atoms with Crippen LogP contribution in [0.3, 0.4) is 0 Å². The van der Waals surface area contributed by atoms with Gasteiger partial charge in [-0.2, -0.15) is 0 Å². The van der Waals surface area contributed by atoms with Gasteiger partial charge in [0, 0.05) is 20.6 Å². The third-order valence-corrected chi connectivity index (χ3v) is 4.14. The van der Waals surface area contributed by atoms with Crippen LogP contribution >= 0.6 is 34.8 Å². The molecule has 0 saturated heterocycles. The third kappa shape index (κ3) is 4.42. The number of rotatable bonds is 3. The summed E-state index contributed by atoms with van der Waals surface area (Å²) in [6.07, 6.45) is 0. The van der Waals surface area contributed by atoms with Crippen LogP contribution in [0.4, 0.5) is 0 Å². The second-order valence-corrected chi connectivity index (χ2v) is 7.64. The highest BCUT2D eigenvalue weighted by Gasteiger charge is 2.21. The van der Waals surface area contributed by atoms with Gasteiger partial charge in [0.2, 0.25) is 0 Å². The summed E-state index contributed by atoms with van der Waals surface area (Å²) >= 11 is 16.3. The highest BCUT2D eigenvalue weighted by atomic mass is 35.5. The predicted molar refractivity (Wildman–Crippen MR) is 74.2 cm³/mol. The quantitative estimate of drug-likeness (QED) is 0.813. The van der Waals surface area contributed by atoms with Crippen molar-refractivity contribution >= 4 is 45.9 Å². The molecule has 0 aliphatic heterocycles. The maximum Gasteiger partial charge on any atom is 0.161 e. The Hall–Kier alpha value is 0.200. The highest BCUT2D eigenvalue weighted by Crippen LogP contribution is 2.30. The Morgan fingerprint density at radius 1 is 1.18 bits per heavy atom. The molecule has 0 heterocycles. The molecule has 1 atom stereocenters. The molecule has 96 valence electrons. The van der Waals surface area contributed by atoms with Crippen LogP contribution in [0.15, 0.2) is 12.1 Å². The van der Waals surface area contributed by atoms with E-state index in [1.54, 1.807) is 12.1 Å². The van der Waals surface area contributed by atoms with E-state index in [4.69, 9.17) is 39.0 Å². The SMILES string of the molecule is CC(C)(C)S(=O)OCc1c(Cl)cc(Cl)cc1Cl. The first-order chi connectivity index (χ1) is 7.71. The van der Waals surface area contributed by atoms with Crippen LogP contribution in [0.25, 0.3) is 0 Å². The Bertz CT molecular complexity index is 418. The molecule has 0 bridgehead atoms. The molecule has 0 saturated carbocycles. The Labute approximate surface area is 119 Å². The smallest absolute Gasteiger partial charge is 0.161 e. The topological polar surface area (TPSA) is 26.3 Å². The Kier molecular flexibility index (Phi) is 5.29. The zero-order valence-electron chi connectivity index (χ0n) is 9.72. The average molecular weight is 316 g/mol. The van der Waals surface area contributed by atoms with Gasteiger partial charge < -0.3 is 0 Å². The van der Waals surface area contributed by atoms with Crippen molar-refractivity contribution in [1.29, 1.82) is 0 Å². The lowest BCUT2D eigenvalue weighted by molar-refractivity contribution is 0.326. The van der Waals surface area contributed by atoms with Gasteiger partial charge in [0.05, 0.1) is 11.4 Å². The fraction of sp³-hybridized carbons (Fsp3) is 0.455. The number of benzene rings is 1. The van der Waals surface area contributed by atoms with Crippen LogP contribution in [-0.2, 0) is 21.9 Å². The van der Waals surface area contributed by atoms with Crippen molar-refractivity contribution in [2.24, 2.45) is 0 Å². The first kappa shape index (κ1) is 15.3. The summed E-state index contributed by atoms with van der Waals surface area (Å²) in [5, 5.41) is 1.28. The van der Waals surface area contributed by atoms with Gasteiger partial charge >= 0.3 is 0 Å². The fourth-order valence-electron chi connectivity index (χ4n) is 0.999. The van der Waals surface area contributed by atoms with Crippen LogP contribution in [0.5, 0.6) is 0 Å². The van der Waals surface area contributed by atoms with Gasteiger partial charge in [-0.25, -0.2) is 4.21 Å². The number of hydrogen-bond acceptors (Lipinski definition) is 2. The lowest BCUT2D eigenvalue weighted by Crippen LogP contribution is -2.23. The molecule has 0 radical (unpaired) electrons. The zero-order chi connectivity index (χ0) is 13.2. The van der Waals surface area contributed by atoms with Crippen molar-refractivity contribution in [2.75, 3.05) is 0 Å². The molecule has 0 fully saturated rings. The molecule has 2 nitrogen and oxygen atoms in total. The zero-order valence-corrected chi connectivity index (χ0v) is 12.8. The predicted octanol–water partition coefficient (Wildman–Crippen LogP) is 4.63. The van der Waals surface area contributed by atoms with Crippen LogP contribution in [0, 0.1) is 0 Å². The molecule has 1 aromatic rings. The summed E-state index contributed by atoms with van der Waals surface area (Å²) in [6.45, 7) is 5.58. The Morgan fingerprint density at radius 3 is 2.06 bits per heavy atom. The van der Waals surface area contributed by atoms with Crippen LogP contribution in [-0.4, -0.2) is 8.96 Å². The van der Waals surface area contributed by atoms with E-state index in [0.29, 0.717) is 20.6 Å². The summed E-state index contributed by atoms with van der Waals surface area (Å²) in [5.74, 6) is 0. The molecular formula is C11H13Cl3O2S. The lowest BCUT2D eigenvalue weighted by atomic mass is 10.2. The number of hydrogen-bond donors (Lipinski definition) is 0. The molecule has 1 aromatic carbocycles. The molecule has 0 aromatic heterocycles. The van der Waals surface area contributed by atoms with Crippen molar-refractivity contribution in [3.8, 4) is 0 Å².